The summed E-state index contributed by atoms with van der Waals surface area (Å²) in [7, 11) is 0. The summed E-state index contributed by atoms with van der Waals surface area (Å²) in [5.74, 6) is 1.45. The molecule has 0 radical (unpaired) electrons. The summed E-state index contributed by atoms with van der Waals surface area (Å²) in [4.78, 5) is 14.5. The van der Waals surface area contributed by atoms with E-state index in [1.54, 1.807) is 17.9 Å². The van der Waals surface area contributed by atoms with Gasteiger partial charge in [-0.3, -0.25) is 10.1 Å². The number of aromatic nitrogens is 5. The Balaban J connectivity index is 1.65. The topological polar surface area (TPSA) is 79.4 Å². The molecule has 3 heterocycles. The van der Waals surface area contributed by atoms with E-state index in [2.05, 4.69) is 25.5 Å². The number of hydrogen-bond acceptors (Lipinski definition) is 6. The molecule has 0 fully saturated rings. The number of fused-ring (bicyclic) bond motifs is 2. The van der Waals surface area contributed by atoms with Crippen LogP contribution in [0.2, 0.25) is 0 Å². The van der Waals surface area contributed by atoms with E-state index in [0.29, 0.717) is 5.82 Å². The maximum Gasteiger partial charge on any atom is 0.173 e. The fourth-order valence-corrected chi connectivity index (χ4v) is 3.32. The van der Waals surface area contributed by atoms with Crippen LogP contribution in [0.1, 0.15) is 0 Å². The van der Waals surface area contributed by atoms with Crippen molar-refractivity contribution in [3.63, 3.8) is 0 Å². The number of H-pyrrole nitrogens is 1. The molecule has 25 heavy (non-hydrogen) atoms. The van der Waals surface area contributed by atoms with E-state index in [4.69, 9.17) is 4.98 Å². The number of benzene rings is 2. The van der Waals surface area contributed by atoms with Gasteiger partial charge in [0.05, 0.1) is 27.6 Å². The molecule has 0 saturated heterocycles. The quantitative estimate of drug-likeness (QED) is 0.508. The van der Waals surface area contributed by atoms with Gasteiger partial charge < -0.3 is 5.32 Å². The van der Waals surface area contributed by atoms with Crippen LogP contribution in [-0.4, -0.2) is 25.1 Å². The van der Waals surface area contributed by atoms with Gasteiger partial charge in [0.1, 0.15) is 5.82 Å². The van der Waals surface area contributed by atoms with Crippen LogP contribution >= 0.6 is 11.3 Å². The molecule has 3 aromatic heterocycles. The van der Waals surface area contributed by atoms with E-state index in [9.17, 15) is 0 Å². The van der Waals surface area contributed by atoms with Crippen LogP contribution in [-0.2, 0) is 0 Å². The van der Waals surface area contributed by atoms with Crippen molar-refractivity contribution >= 4 is 44.6 Å². The van der Waals surface area contributed by atoms with Gasteiger partial charge in [-0.1, -0.05) is 12.1 Å². The Morgan fingerprint density at radius 3 is 2.88 bits per heavy atom. The number of para-hydroxylation sites is 1. The zero-order chi connectivity index (χ0) is 16.6. The fraction of sp³-hybridized carbons (Fsp3) is 0. The second kappa shape index (κ2) is 5.64. The molecule has 0 unspecified atom stereocenters. The average Bonchev–Trinajstić information content (AvgIpc) is 3.33. The highest BCUT2D eigenvalue weighted by atomic mass is 32.1. The van der Waals surface area contributed by atoms with E-state index in [1.165, 1.54) is 11.3 Å². The highest BCUT2D eigenvalue weighted by Crippen LogP contribution is 2.29. The van der Waals surface area contributed by atoms with E-state index in [0.717, 1.165) is 38.2 Å². The van der Waals surface area contributed by atoms with Gasteiger partial charge in [-0.2, -0.15) is 5.10 Å². The van der Waals surface area contributed by atoms with Gasteiger partial charge >= 0.3 is 0 Å². The lowest BCUT2D eigenvalue weighted by atomic mass is 10.2. The second-order valence-corrected chi connectivity index (χ2v) is 6.46. The molecule has 0 amide bonds. The van der Waals surface area contributed by atoms with E-state index in [-0.39, 0.29) is 0 Å². The molecule has 0 spiro atoms. The van der Waals surface area contributed by atoms with Gasteiger partial charge in [0.15, 0.2) is 5.82 Å². The lowest BCUT2D eigenvalue weighted by Gasteiger charge is -2.10. The van der Waals surface area contributed by atoms with Gasteiger partial charge in [-0.15, -0.1) is 11.3 Å². The summed E-state index contributed by atoms with van der Waals surface area (Å²) >= 11 is 1.53. The van der Waals surface area contributed by atoms with Crippen LogP contribution < -0.4 is 5.32 Å². The number of hydrogen-bond donors (Lipinski definition) is 2. The Morgan fingerprint density at radius 1 is 1.00 bits per heavy atom. The molecule has 0 bridgehead atoms. The van der Waals surface area contributed by atoms with Crippen molar-refractivity contribution < 1.29 is 0 Å². The van der Waals surface area contributed by atoms with Crippen molar-refractivity contribution in [2.75, 3.05) is 5.32 Å². The minimum absolute atomic E-state index is 0.674. The average molecular weight is 344 g/mol. The monoisotopic (exact) mass is 344 g/mol. The predicted octanol–water partition coefficient (Wildman–Crippen LogP) is 4.37. The van der Waals surface area contributed by atoms with Crippen LogP contribution in [0.15, 0.2) is 60.4 Å². The normalized spacial score (nSPS) is 11.2. The van der Waals surface area contributed by atoms with Gasteiger partial charge in [0.25, 0.3) is 0 Å². The highest BCUT2D eigenvalue weighted by Gasteiger charge is 2.11. The molecule has 2 aromatic carbocycles. The Labute approximate surface area is 146 Å². The Hall–Kier alpha value is -3.32. The molecule has 5 aromatic rings. The van der Waals surface area contributed by atoms with Gasteiger partial charge in [-0.25, -0.2) is 9.97 Å². The lowest BCUT2D eigenvalue weighted by Crippen LogP contribution is -1.98. The predicted molar refractivity (Wildman–Crippen MR) is 100 cm³/mol. The molecule has 0 aliphatic heterocycles. The van der Waals surface area contributed by atoms with Crippen molar-refractivity contribution in [2.45, 2.75) is 0 Å². The maximum atomic E-state index is 4.73. The zero-order valence-corrected chi connectivity index (χ0v) is 13.8. The SMILES string of the molecule is c1ccc2c(Nc3ccc4[nH]ncc4c3)nc(-c3cncs3)nc2c1. The lowest BCUT2D eigenvalue weighted by molar-refractivity contribution is 1.12. The van der Waals surface area contributed by atoms with Crippen LogP contribution in [0.5, 0.6) is 0 Å². The molecule has 2 N–H and O–H groups in total. The highest BCUT2D eigenvalue weighted by molar-refractivity contribution is 7.13. The number of rotatable bonds is 3. The largest absolute Gasteiger partial charge is 0.340 e. The number of aromatic amines is 1. The van der Waals surface area contributed by atoms with Crippen LogP contribution in [0.4, 0.5) is 11.5 Å². The summed E-state index contributed by atoms with van der Waals surface area (Å²) in [6.07, 6.45) is 3.59. The first-order valence-corrected chi connectivity index (χ1v) is 8.60. The Morgan fingerprint density at radius 2 is 1.96 bits per heavy atom. The van der Waals surface area contributed by atoms with Gasteiger partial charge in [-0.05, 0) is 30.3 Å². The maximum absolute atomic E-state index is 4.73. The van der Waals surface area contributed by atoms with E-state index in [1.807, 2.05) is 42.5 Å². The molecule has 5 rings (SSSR count). The van der Waals surface area contributed by atoms with E-state index >= 15 is 0 Å². The summed E-state index contributed by atoms with van der Waals surface area (Å²) in [6.45, 7) is 0. The van der Waals surface area contributed by atoms with Gasteiger partial charge in [0, 0.05) is 22.7 Å². The molecule has 120 valence electrons. The molecule has 7 heteroatoms. The second-order valence-electron chi connectivity index (χ2n) is 5.58. The first-order valence-electron chi connectivity index (χ1n) is 7.73. The molecular formula is C18H12N6S. The molecule has 0 aliphatic carbocycles. The van der Waals surface area contributed by atoms with Crippen molar-refractivity contribution in [1.29, 1.82) is 0 Å². The standard InChI is InChI=1S/C18H12N6S/c1-2-4-15-13(3-1)17(23-18(22-15)16-9-19-10-25-16)21-12-5-6-14-11(7-12)8-20-24-14/h1-10H,(H,20,24)(H,21,22,23). The summed E-state index contributed by atoms with van der Waals surface area (Å²) in [6, 6.07) is 14.0. The summed E-state index contributed by atoms with van der Waals surface area (Å²) in [5, 5.41) is 12.5. The minimum atomic E-state index is 0.674. The number of nitrogens with one attached hydrogen (secondary N) is 2. The molecule has 0 atom stereocenters. The molecule has 6 nitrogen and oxygen atoms in total. The van der Waals surface area contributed by atoms with E-state index < -0.39 is 0 Å². The van der Waals surface area contributed by atoms with Crippen LogP contribution in [0, 0.1) is 0 Å². The molecule has 0 saturated carbocycles. The summed E-state index contributed by atoms with van der Waals surface area (Å²) in [5.41, 5.74) is 4.64. The van der Waals surface area contributed by atoms with Crippen molar-refractivity contribution in [1.82, 2.24) is 25.1 Å². The minimum Gasteiger partial charge on any atom is -0.340 e. The zero-order valence-electron chi connectivity index (χ0n) is 13.0. The van der Waals surface area contributed by atoms with Crippen LogP contribution in [0.25, 0.3) is 32.5 Å². The first-order chi connectivity index (χ1) is 12.4. The smallest absolute Gasteiger partial charge is 0.173 e. The Kier molecular flexibility index (Phi) is 3.17. The van der Waals surface area contributed by atoms with Crippen molar-refractivity contribution in [3.05, 3.63) is 60.4 Å². The van der Waals surface area contributed by atoms with Crippen LogP contribution in [0.3, 0.4) is 0 Å². The number of thiazole rings is 1. The number of nitrogens with zero attached hydrogens (tertiary/aromatic N) is 4. The van der Waals surface area contributed by atoms with Crippen molar-refractivity contribution in [3.8, 4) is 10.7 Å². The molecular weight excluding hydrogens is 332 g/mol. The third-order valence-electron chi connectivity index (χ3n) is 3.96. The summed E-state index contributed by atoms with van der Waals surface area (Å²) < 4.78 is 0. The number of anilines is 2. The third kappa shape index (κ3) is 2.50. The molecule has 0 aliphatic rings. The first kappa shape index (κ1) is 14.1. The third-order valence-corrected chi connectivity index (χ3v) is 4.73. The van der Waals surface area contributed by atoms with Crippen molar-refractivity contribution in [2.24, 2.45) is 0 Å². The Bertz CT molecular complexity index is 1180. The fourth-order valence-electron chi connectivity index (χ4n) is 2.77. The van der Waals surface area contributed by atoms with Gasteiger partial charge in [0.2, 0.25) is 0 Å².